The highest BCUT2D eigenvalue weighted by molar-refractivity contribution is 8.16. The van der Waals surface area contributed by atoms with Gasteiger partial charge in [-0.05, 0) is 35.2 Å². The van der Waals surface area contributed by atoms with Gasteiger partial charge in [0, 0.05) is 15.4 Å². The number of ketones is 1. The van der Waals surface area contributed by atoms with Crippen molar-refractivity contribution in [1.82, 2.24) is 0 Å². The van der Waals surface area contributed by atoms with Crippen molar-refractivity contribution in [2.24, 2.45) is 5.92 Å². The summed E-state index contributed by atoms with van der Waals surface area (Å²) in [6, 6.07) is 15.2. The van der Waals surface area contributed by atoms with E-state index in [9.17, 15) is 9.90 Å². The third-order valence-electron chi connectivity index (χ3n) is 3.94. The first-order valence-corrected chi connectivity index (χ1v) is 8.36. The molecule has 2 aliphatic rings. The van der Waals surface area contributed by atoms with E-state index in [1.807, 2.05) is 54.6 Å². The molecule has 4 rings (SSSR count). The van der Waals surface area contributed by atoms with Gasteiger partial charge in [0.25, 0.3) is 0 Å². The monoisotopic (exact) mass is 306 g/mol. The Balaban J connectivity index is 2.03. The molecule has 22 heavy (non-hydrogen) atoms. The lowest BCUT2D eigenvalue weighted by atomic mass is 9.91. The molecule has 0 amide bonds. The average Bonchev–Trinajstić information content (AvgIpc) is 2.57. The van der Waals surface area contributed by atoms with E-state index in [1.54, 1.807) is 12.1 Å². The summed E-state index contributed by atoms with van der Waals surface area (Å²) in [7, 11) is -0.282. The zero-order chi connectivity index (χ0) is 15.1. The fourth-order valence-corrected chi connectivity index (χ4v) is 5.37. The molecule has 0 aromatic heterocycles. The Labute approximate surface area is 131 Å². The number of Topliss-reactive ketones (excluding diaryl/α,β-unsaturated/α-hetero) is 1. The van der Waals surface area contributed by atoms with E-state index in [0.29, 0.717) is 0 Å². The molecule has 2 nitrogen and oxygen atoms in total. The van der Waals surface area contributed by atoms with E-state index in [4.69, 9.17) is 0 Å². The number of rotatable bonds is 1. The number of carbonyl (C=O) groups is 1. The van der Waals surface area contributed by atoms with Crippen LogP contribution in [0.15, 0.2) is 82.6 Å². The molecule has 2 atom stereocenters. The largest absolute Gasteiger partial charge is 0.508 e. The number of phenolic OH excluding ortho intramolecular Hbond substituents is 1. The molecule has 0 radical (unpaired) electrons. The summed E-state index contributed by atoms with van der Waals surface area (Å²) in [4.78, 5) is 16.1. The van der Waals surface area contributed by atoms with Crippen molar-refractivity contribution in [3.63, 3.8) is 0 Å². The Kier molecular flexibility index (Phi) is 3.09. The standard InChI is InChI=1S/C19H14O2S/c20-13-9-11-14(12-10-13)22-17-7-3-1-5-15(17)19(21)16-6-2-4-8-18(16)22/h1-12,15,20H. The lowest BCUT2D eigenvalue weighted by Gasteiger charge is -2.28. The summed E-state index contributed by atoms with van der Waals surface area (Å²) in [6.07, 6.45) is 7.98. The second-order valence-electron chi connectivity index (χ2n) is 5.28. The SMILES string of the molecule is O=C1c2ccccc2S(c2ccc(O)cc2)=C2C=CC=CC12. The fourth-order valence-electron chi connectivity index (χ4n) is 2.92. The van der Waals surface area contributed by atoms with Crippen molar-refractivity contribution in [2.45, 2.75) is 9.79 Å². The zero-order valence-corrected chi connectivity index (χ0v) is 12.6. The Hall–Kier alpha value is -2.39. The predicted octanol–water partition coefficient (Wildman–Crippen LogP) is 4.19. The summed E-state index contributed by atoms with van der Waals surface area (Å²) in [5, 5.41) is 9.54. The number of carbonyl (C=O) groups excluding carboxylic acids is 1. The number of hydrogen-bond donors (Lipinski definition) is 1. The molecule has 0 bridgehead atoms. The van der Waals surface area contributed by atoms with Crippen molar-refractivity contribution in [1.29, 1.82) is 0 Å². The molecule has 0 spiro atoms. The molecule has 2 unspecified atom stereocenters. The van der Waals surface area contributed by atoms with Crippen LogP contribution in [0.5, 0.6) is 5.75 Å². The van der Waals surface area contributed by atoms with Crippen molar-refractivity contribution >= 4 is 21.1 Å². The van der Waals surface area contributed by atoms with Crippen molar-refractivity contribution < 1.29 is 9.90 Å². The summed E-state index contributed by atoms with van der Waals surface area (Å²) in [6.45, 7) is 0. The first kappa shape index (κ1) is 13.3. The molecule has 1 aliphatic heterocycles. The van der Waals surface area contributed by atoms with Gasteiger partial charge in [0.2, 0.25) is 0 Å². The summed E-state index contributed by atoms with van der Waals surface area (Å²) in [5.74, 6) is 0.264. The Morgan fingerprint density at radius 2 is 1.73 bits per heavy atom. The van der Waals surface area contributed by atoms with Gasteiger partial charge in [0.1, 0.15) is 5.75 Å². The third kappa shape index (κ3) is 1.97. The minimum Gasteiger partial charge on any atom is -0.508 e. The lowest BCUT2D eigenvalue weighted by molar-refractivity contribution is 0.0969. The van der Waals surface area contributed by atoms with E-state index in [1.165, 1.54) is 0 Å². The van der Waals surface area contributed by atoms with Gasteiger partial charge in [-0.2, -0.15) is 0 Å². The van der Waals surface area contributed by atoms with Gasteiger partial charge in [0.05, 0.1) is 5.92 Å². The highest BCUT2D eigenvalue weighted by atomic mass is 32.2. The van der Waals surface area contributed by atoms with E-state index in [0.717, 1.165) is 20.2 Å². The van der Waals surface area contributed by atoms with Crippen LogP contribution in [-0.4, -0.2) is 15.8 Å². The normalized spacial score (nSPS) is 22.4. The van der Waals surface area contributed by atoms with Gasteiger partial charge in [-0.1, -0.05) is 42.5 Å². The second kappa shape index (κ2) is 5.11. The van der Waals surface area contributed by atoms with Crippen LogP contribution in [0.1, 0.15) is 10.4 Å². The number of aromatic hydroxyl groups is 1. The zero-order valence-electron chi connectivity index (χ0n) is 11.8. The summed E-state index contributed by atoms with van der Waals surface area (Å²) in [5.41, 5.74) is 0.813. The van der Waals surface area contributed by atoms with Crippen molar-refractivity contribution in [2.75, 3.05) is 0 Å². The van der Waals surface area contributed by atoms with E-state index in [-0.39, 0.29) is 27.9 Å². The molecule has 1 N–H and O–H groups in total. The van der Waals surface area contributed by atoms with Crippen LogP contribution in [0.2, 0.25) is 0 Å². The minimum atomic E-state index is -0.282. The molecule has 108 valence electrons. The minimum absolute atomic E-state index is 0.169. The van der Waals surface area contributed by atoms with Crippen molar-refractivity contribution in [3.05, 3.63) is 78.4 Å². The van der Waals surface area contributed by atoms with Crippen LogP contribution < -0.4 is 0 Å². The van der Waals surface area contributed by atoms with Crippen molar-refractivity contribution in [3.8, 4) is 5.75 Å². The first-order valence-electron chi connectivity index (χ1n) is 7.14. The van der Waals surface area contributed by atoms with Gasteiger partial charge >= 0.3 is 0 Å². The van der Waals surface area contributed by atoms with Crippen LogP contribution in [0.3, 0.4) is 0 Å². The number of benzene rings is 2. The maximum absolute atomic E-state index is 12.7. The summed E-state index contributed by atoms with van der Waals surface area (Å²) >= 11 is 0. The van der Waals surface area contributed by atoms with Crippen LogP contribution in [0.4, 0.5) is 0 Å². The maximum Gasteiger partial charge on any atom is 0.175 e. The number of fused-ring (bicyclic) bond motifs is 2. The van der Waals surface area contributed by atoms with E-state index < -0.39 is 0 Å². The Morgan fingerprint density at radius 3 is 2.55 bits per heavy atom. The smallest absolute Gasteiger partial charge is 0.175 e. The number of allylic oxidation sites excluding steroid dienone is 4. The summed E-state index contributed by atoms with van der Waals surface area (Å²) < 4.78 is 0. The highest BCUT2D eigenvalue weighted by Crippen LogP contribution is 2.46. The van der Waals surface area contributed by atoms with Crippen LogP contribution in [0, 0.1) is 5.92 Å². The van der Waals surface area contributed by atoms with E-state index >= 15 is 0 Å². The molecular weight excluding hydrogens is 292 g/mol. The quantitative estimate of drug-likeness (QED) is 0.802. The molecule has 3 heteroatoms. The topological polar surface area (TPSA) is 37.3 Å². The molecule has 1 aliphatic carbocycles. The molecule has 0 fully saturated rings. The number of phenols is 1. The van der Waals surface area contributed by atoms with Crippen LogP contribution in [-0.2, 0) is 0 Å². The lowest BCUT2D eigenvalue weighted by Crippen LogP contribution is -2.27. The third-order valence-corrected chi connectivity index (χ3v) is 6.35. The Morgan fingerprint density at radius 1 is 0.955 bits per heavy atom. The molecule has 2 aromatic rings. The van der Waals surface area contributed by atoms with E-state index in [2.05, 4.69) is 6.08 Å². The van der Waals surface area contributed by atoms with Gasteiger partial charge in [-0.15, -0.1) is 10.5 Å². The molecule has 2 aromatic carbocycles. The average molecular weight is 306 g/mol. The van der Waals surface area contributed by atoms with Gasteiger partial charge in [-0.25, -0.2) is 0 Å². The number of hydrogen-bond acceptors (Lipinski definition) is 2. The molecule has 0 saturated heterocycles. The van der Waals surface area contributed by atoms with Gasteiger partial charge in [-0.3, -0.25) is 4.79 Å². The predicted molar refractivity (Wildman–Crippen MR) is 89.8 cm³/mol. The Bertz CT molecular complexity index is 857. The van der Waals surface area contributed by atoms with Crippen LogP contribution >= 0.6 is 10.5 Å². The fraction of sp³-hybridized carbons (Fsp3) is 0.0526. The van der Waals surface area contributed by atoms with Crippen LogP contribution in [0.25, 0.3) is 0 Å². The first-order chi connectivity index (χ1) is 10.8. The highest BCUT2D eigenvalue weighted by Gasteiger charge is 2.32. The second-order valence-corrected chi connectivity index (χ2v) is 7.28. The van der Waals surface area contributed by atoms with Gasteiger partial charge in [0.15, 0.2) is 5.78 Å². The molecular formula is C19H14O2S. The maximum atomic E-state index is 12.7. The molecule has 1 heterocycles. The van der Waals surface area contributed by atoms with Gasteiger partial charge < -0.3 is 5.11 Å². The molecule has 0 saturated carbocycles.